The molecule has 1 aliphatic rings. The first-order chi connectivity index (χ1) is 15.5. The molecule has 1 amide bonds. The highest BCUT2D eigenvalue weighted by Crippen LogP contribution is 2.38. The summed E-state index contributed by atoms with van der Waals surface area (Å²) >= 11 is 0. The van der Waals surface area contributed by atoms with Crippen molar-refractivity contribution in [2.24, 2.45) is 5.92 Å². The van der Waals surface area contributed by atoms with E-state index in [0.29, 0.717) is 31.4 Å². The van der Waals surface area contributed by atoms with Crippen LogP contribution in [0.25, 0.3) is 0 Å². The second-order valence-electron chi connectivity index (χ2n) is 7.92. The molecule has 0 aliphatic heterocycles. The van der Waals surface area contributed by atoms with Crippen LogP contribution in [0.1, 0.15) is 70.1 Å². The van der Waals surface area contributed by atoms with E-state index >= 15 is 0 Å². The molecule has 1 saturated carbocycles. The Hall–Kier alpha value is -2.98. The van der Waals surface area contributed by atoms with Crippen LogP contribution in [0.5, 0.6) is 0 Å². The molecule has 5 nitrogen and oxygen atoms in total. The SMILES string of the molecule is O=C(NCCC(F)(F)F)c1ccc(C2CCC(C(=O)c3ccccc3C(F)(F)F)CC2)nn1. The van der Waals surface area contributed by atoms with Gasteiger partial charge in [0.15, 0.2) is 11.5 Å². The van der Waals surface area contributed by atoms with Crippen molar-refractivity contribution in [3.63, 3.8) is 0 Å². The van der Waals surface area contributed by atoms with Gasteiger partial charge in [0.1, 0.15) is 0 Å². The number of amides is 1. The van der Waals surface area contributed by atoms with Gasteiger partial charge in [0.2, 0.25) is 0 Å². The highest BCUT2D eigenvalue weighted by molar-refractivity contribution is 5.99. The molecule has 0 radical (unpaired) electrons. The molecule has 0 bridgehead atoms. The highest BCUT2D eigenvalue weighted by atomic mass is 19.4. The van der Waals surface area contributed by atoms with Gasteiger partial charge in [-0.1, -0.05) is 18.2 Å². The summed E-state index contributed by atoms with van der Waals surface area (Å²) in [5, 5.41) is 9.89. The van der Waals surface area contributed by atoms with Crippen LogP contribution in [0.3, 0.4) is 0 Å². The highest BCUT2D eigenvalue weighted by Gasteiger charge is 2.37. The quantitative estimate of drug-likeness (QED) is 0.455. The minimum Gasteiger partial charge on any atom is -0.350 e. The van der Waals surface area contributed by atoms with Crippen molar-refractivity contribution in [2.45, 2.75) is 50.4 Å². The molecule has 2 aromatic rings. The number of carbonyl (C=O) groups excluding carboxylic acids is 2. The fourth-order valence-corrected chi connectivity index (χ4v) is 3.91. The smallest absolute Gasteiger partial charge is 0.350 e. The lowest BCUT2D eigenvalue weighted by atomic mass is 9.77. The molecule has 33 heavy (non-hydrogen) atoms. The normalized spacial score (nSPS) is 19.2. The maximum absolute atomic E-state index is 13.2. The van der Waals surface area contributed by atoms with E-state index in [9.17, 15) is 35.9 Å². The third kappa shape index (κ3) is 6.52. The van der Waals surface area contributed by atoms with Gasteiger partial charge in [0.05, 0.1) is 17.7 Å². The molecule has 178 valence electrons. The predicted molar refractivity (Wildman–Crippen MR) is 106 cm³/mol. The van der Waals surface area contributed by atoms with Crippen LogP contribution in [-0.2, 0) is 6.18 Å². The third-order valence-electron chi connectivity index (χ3n) is 5.63. The molecule has 11 heteroatoms. The Morgan fingerprint density at radius 2 is 1.58 bits per heavy atom. The first-order valence-electron chi connectivity index (χ1n) is 10.3. The Balaban J connectivity index is 1.57. The third-order valence-corrected chi connectivity index (χ3v) is 5.63. The summed E-state index contributed by atoms with van der Waals surface area (Å²) in [6.07, 6.45) is -8.35. The van der Waals surface area contributed by atoms with Gasteiger partial charge in [-0.3, -0.25) is 9.59 Å². The zero-order chi connectivity index (χ0) is 24.2. The van der Waals surface area contributed by atoms with Crippen LogP contribution in [0, 0.1) is 5.92 Å². The Labute approximate surface area is 185 Å². The molecule has 1 heterocycles. The van der Waals surface area contributed by atoms with Crippen LogP contribution < -0.4 is 5.32 Å². The number of rotatable bonds is 6. The van der Waals surface area contributed by atoms with Crippen molar-refractivity contribution >= 4 is 11.7 Å². The average molecular weight is 473 g/mol. The molecule has 0 spiro atoms. The fourth-order valence-electron chi connectivity index (χ4n) is 3.91. The molecule has 0 unspecified atom stereocenters. The summed E-state index contributed by atoms with van der Waals surface area (Å²) in [5.41, 5.74) is -0.821. The van der Waals surface area contributed by atoms with Gasteiger partial charge in [-0.25, -0.2) is 0 Å². The van der Waals surface area contributed by atoms with Crippen LogP contribution in [0.15, 0.2) is 36.4 Å². The molecule has 0 atom stereocenters. The van der Waals surface area contributed by atoms with E-state index in [4.69, 9.17) is 0 Å². The van der Waals surface area contributed by atoms with Crippen molar-refractivity contribution in [2.75, 3.05) is 6.54 Å². The van der Waals surface area contributed by atoms with Crippen molar-refractivity contribution in [3.05, 3.63) is 58.9 Å². The summed E-state index contributed by atoms with van der Waals surface area (Å²) in [7, 11) is 0. The van der Waals surface area contributed by atoms with Gasteiger partial charge in [-0.2, -0.15) is 31.4 Å². The molecule has 3 rings (SSSR count). The van der Waals surface area contributed by atoms with Gasteiger partial charge >= 0.3 is 12.4 Å². The fraction of sp³-hybridized carbons (Fsp3) is 0.455. The van der Waals surface area contributed by atoms with E-state index in [1.807, 2.05) is 0 Å². The Morgan fingerprint density at radius 3 is 2.15 bits per heavy atom. The first-order valence-corrected chi connectivity index (χ1v) is 10.3. The van der Waals surface area contributed by atoms with Gasteiger partial charge in [-0.05, 0) is 43.9 Å². The van der Waals surface area contributed by atoms with Gasteiger partial charge in [-0.15, -0.1) is 5.10 Å². The minimum atomic E-state index is -4.61. The lowest BCUT2D eigenvalue weighted by Crippen LogP contribution is -2.29. The number of aromatic nitrogens is 2. The molecular formula is C22H21F6N3O2. The van der Waals surface area contributed by atoms with E-state index in [2.05, 4.69) is 15.5 Å². The number of hydrogen-bond acceptors (Lipinski definition) is 4. The van der Waals surface area contributed by atoms with Crippen LogP contribution in [0.2, 0.25) is 0 Å². The second kappa shape index (κ2) is 9.88. The number of nitrogens with one attached hydrogen (secondary N) is 1. The molecular weight excluding hydrogens is 452 g/mol. The maximum Gasteiger partial charge on any atom is 0.417 e. The van der Waals surface area contributed by atoms with E-state index in [1.165, 1.54) is 24.3 Å². The molecule has 1 N–H and O–H groups in total. The Kier molecular flexibility index (Phi) is 7.38. The molecule has 1 aliphatic carbocycles. The average Bonchev–Trinajstić information content (AvgIpc) is 2.77. The number of ketones is 1. The Morgan fingerprint density at radius 1 is 0.909 bits per heavy atom. The van der Waals surface area contributed by atoms with Gasteiger partial charge in [0.25, 0.3) is 5.91 Å². The zero-order valence-electron chi connectivity index (χ0n) is 17.3. The predicted octanol–water partition coefficient (Wildman–Crippen LogP) is 5.33. The number of alkyl halides is 6. The first kappa shape index (κ1) is 24.7. The van der Waals surface area contributed by atoms with E-state index < -0.39 is 48.5 Å². The number of Topliss-reactive ketones (excluding diaryl/α,β-unsaturated/α-hetero) is 1. The van der Waals surface area contributed by atoms with Crippen molar-refractivity contribution in [1.29, 1.82) is 0 Å². The minimum absolute atomic E-state index is 0.0817. The summed E-state index contributed by atoms with van der Waals surface area (Å²) in [6.45, 7) is -0.568. The number of carbonyl (C=O) groups is 2. The summed E-state index contributed by atoms with van der Waals surface area (Å²) in [6, 6.07) is 7.66. The van der Waals surface area contributed by atoms with E-state index in [0.717, 1.165) is 6.07 Å². The lowest BCUT2D eigenvalue weighted by molar-refractivity contribution is -0.138. The maximum atomic E-state index is 13.2. The van der Waals surface area contributed by atoms with E-state index in [-0.39, 0.29) is 17.2 Å². The summed E-state index contributed by atoms with van der Waals surface area (Å²) in [5.74, 6) is -1.91. The van der Waals surface area contributed by atoms with E-state index in [1.54, 1.807) is 6.07 Å². The largest absolute Gasteiger partial charge is 0.417 e. The molecule has 1 aromatic heterocycles. The molecule has 1 fully saturated rings. The van der Waals surface area contributed by atoms with Crippen molar-refractivity contribution in [3.8, 4) is 0 Å². The lowest BCUT2D eigenvalue weighted by Gasteiger charge is -2.27. The topological polar surface area (TPSA) is 72.0 Å². The summed E-state index contributed by atoms with van der Waals surface area (Å²) < 4.78 is 76.2. The van der Waals surface area contributed by atoms with Gasteiger partial charge < -0.3 is 5.32 Å². The number of nitrogens with zero attached hydrogens (tertiary/aromatic N) is 2. The molecule has 1 aromatic carbocycles. The van der Waals surface area contributed by atoms with Crippen LogP contribution in [-0.4, -0.2) is 34.6 Å². The van der Waals surface area contributed by atoms with Crippen LogP contribution in [0.4, 0.5) is 26.3 Å². The molecule has 0 saturated heterocycles. The monoisotopic (exact) mass is 473 g/mol. The van der Waals surface area contributed by atoms with Crippen molar-refractivity contribution in [1.82, 2.24) is 15.5 Å². The van der Waals surface area contributed by atoms with Crippen LogP contribution >= 0.6 is 0 Å². The number of hydrogen-bond donors (Lipinski definition) is 1. The number of halogens is 6. The zero-order valence-corrected chi connectivity index (χ0v) is 17.3. The van der Waals surface area contributed by atoms with Crippen molar-refractivity contribution < 1.29 is 35.9 Å². The van der Waals surface area contributed by atoms with Gasteiger partial charge in [0, 0.05) is 23.9 Å². The Bertz CT molecular complexity index is 981. The second-order valence-corrected chi connectivity index (χ2v) is 7.92. The number of benzene rings is 1. The summed E-state index contributed by atoms with van der Waals surface area (Å²) in [4.78, 5) is 24.6. The standard InChI is InChI=1S/C22H21F6N3O2/c23-21(24,25)11-12-29-20(33)18-10-9-17(30-31-18)13-5-7-14(8-6-13)19(32)15-3-1-2-4-16(15)22(26,27)28/h1-4,9-10,13-14H,5-8,11-12H2,(H,29,33).